The molecule has 1 heterocycles. The number of anilines is 1. The number of nitrogens with zero attached hydrogens (tertiary/aromatic N) is 1. The number of ether oxygens (including phenoxy) is 1. The molecule has 0 saturated carbocycles. The van der Waals surface area contributed by atoms with Crippen molar-refractivity contribution in [3.63, 3.8) is 0 Å². The molecule has 0 radical (unpaired) electrons. The van der Waals surface area contributed by atoms with Gasteiger partial charge in [0.2, 0.25) is 15.8 Å². The third-order valence-corrected chi connectivity index (χ3v) is 7.36. The first-order valence-electron chi connectivity index (χ1n) is 10.3. The van der Waals surface area contributed by atoms with Crippen LogP contribution >= 0.6 is 0 Å². The summed E-state index contributed by atoms with van der Waals surface area (Å²) >= 11 is 0. The van der Waals surface area contributed by atoms with Gasteiger partial charge in [0.25, 0.3) is 0 Å². The van der Waals surface area contributed by atoms with Crippen molar-refractivity contribution >= 4 is 21.8 Å². The van der Waals surface area contributed by atoms with E-state index in [1.807, 2.05) is 19.1 Å². The molecule has 168 valence electrons. The number of hydrogen-bond donors (Lipinski definition) is 2. The first-order valence-corrected chi connectivity index (χ1v) is 11.7. The fraction of sp³-hybridized carbons (Fsp3) is 0.435. The van der Waals surface area contributed by atoms with E-state index in [0.717, 1.165) is 11.1 Å². The third kappa shape index (κ3) is 5.64. The summed E-state index contributed by atoms with van der Waals surface area (Å²) in [6.07, 6.45) is -0.788. The number of sulfonamides is 1. The van der Waals surface area contributed by atoms with E-state index in [4.69, 9.17) is 4.74 Å². The Hall–Kier alpha value is -2.42. The number of hydrogen-bond acceptors (Lipinski definition) is 5. The van der Waals surface area contributed by atoms with Gasteiger partial charge < -0.3 is 9.84 Å². The lowest BCUT2D eigenvalue weighted by Crippen LogP contribution is -2.49. The number of benzene rings is 2. The minimum absolute atomic E-state index is 0.00107. The molecule has 7 nitrogen and oxygen atoms in total. The molecule has 3 rings (SSSR count). The van der Waals surface area contributed by atoms with Crippen LogP contribution in [-0.2, 0) is 20.2 Å². The van der Waals surface area contributed by atoms with Crippen LogP contribution in [0.3, 0.4) is 0 Å². The zero-order chi connectivity index (χ0) is 22.9. The Bertz CT molecular complexity index is 1020. The Morgan fingerprint density at radius 1 is 1.03 bits per heavy atom. The van der Waals surface area contributed by atoms with Gasteiger partial charge in [-0.3, -0.25) is 5.32 Å². The van der Waals surface area contributed by atoms with E-state index in [9.17, 15) is 18.3 Å². The average Bonchev–Trinajstić information content (AvgIpc) is 2.68. The zero-order valence-corrected chi connectivity index (χ0v) is 19.2. The van der Waals surface area contributed by atoms with Crippen molar-refractivity contribution in [3.05, 3.63) is 59.7 Å². The van der Waals surface area contributed by atoms with Crippen molar-refractivity contribution in [3.8, 4) is 0 Å². The van der Waals surface area contributed by atoms with Gasteiger partial charge in [0.15, 0.2) is 0 Å². The van der Waals surface area contributed by atoms with E-state index < -0.39 is 21.9 Å². The SMILES string of the molecule is Cc1ccc(S(=O)(=O)N2CCC(O)(OC(=O)Nc3ccc(C(C)(C)C)cc3)CC2)cc1. The van der Waals surface area contributed by atoms with Gasteiger partial charge in [0.05, 0.1) is 4.90 Å². The number of nitrogens with one attached hydrogen (secondary N) is 1. The monoisotopic (exact) mass is 446 g/mol. The van der Waals surface area contributed by atoms with Crippen molar-refractivity contribution in [2.75, 3.05) is 18.4 Å². The van der Waals surface area contributed by atoms with Crippen LogP contribution in [0.25, 0.3) is 0 Å². The Morgan fingerprint density at radius 2 is 1.58 bits per heavy atom. The number of aryl methyl sites for hydroxylation is 1. The minimum atomic E-state index is -3.66. The van der Waals surface area contributed by atoms with Crippen LogP contribution in [0.1, 0.15) is 44.7 Å². The van der Waals surface area contributed by atoms with Crippen molar-refractivity contribution in [1.82, 2.24) is 4.31 Å². The van der Waals surface area contributed by atoms with Gasteiger partial charge in [-0.2, -0.15) is 4.31 Å². The maximum absolute atomic E-state index is 12.8. The van der Waals surface area contributed by atoms with Crippen LogP contribution in [0.4, 0.5) is 10.5 Å². The number of aliphatic hydroxyl groups is 1. The number of amides is 1. The highest BCUT2D eigenvalue weighted by Gasteiger charge is 2.40. The van der Waals surface area contributed by atoms with Crippen LogP contribution in [0.5, 0.6) is 0 Å². The molecule has 0 spiro atoms. The van der Waals surface area contributed by atoms with E-state index in [1.165, 1.54) is 4.31 Å². The Kier molecular flexibility index (Phi) is 6.45. The average molecular weight is 447 g/mol. The third-order valence-electron chi connectivity index (χ3n) is 5.44. The van der Waals surface area contributed by atoms with Crippen molar-refractivity contribution in [2.24, 2.45) is 0 Å². The summed E-state index contributed by atoms with van der Waals surface area (Å²) in [7, 11) is -3.66. The molecule has 8 heteroatoms. The molecule has 2 N–H and O–H groups in total. The fourth-order valence-corrected chi connectivity index (χ4v) is 4.85. The highest BCUT2D eigenvalue weighted by atomic mass is 32.2. The Labute approximate surface area is 184 Å². The molecular weight excluding hydrogens is 416 g/mol. The molecule has 2 aromatic rings. The summed E-state index contributed by atoms with van der Waals surface area (Å²) in [5.74, 6) is -1.71. The molecule has 0 atom stereocenters. The molecule has 1 amide bonds. The molecule has 1 saturated heterocycles. The van der Waals surface area contributed by atoms with Crippen LogP contribution in [0.15, 0.2) is 53.4 Å². The van der Waals surface area contributed by atoms with E-state index in [0.29, 0.717) is 5.69 Å². The molecule has 1 aliphatic rings. The number of rotatable bonds is 4. The topological polar surface area (TPSA) is 95.9 Å². The molecule has 0 unspecified atom stereocenters. The largest absolute Gasteiger partial charge is 0.417 e. The van der Waals surface area contributed by atoms with Crippen LogP contribution in [-0.4, -0.2) is 42.8 Å². The molecule has 1 fully saturated rings. The quantitative estimate of drug-likeness (QED) is 0.692. The second-order valence-electron chi connectivity index (χ2n) is 9.01. The van der Waals surface area contributed by atoms with Crippen LogP contribution < -0.4 is 5.32 Å². The highest BCUT2D eigenvalue weighted by molar-refractivity contribution is 7.89. The molecule has 0 aliphatic carbocycles. The van der Waals surface area contributed by atoms with Crippen molar-refractivity contribution in [2.45, 2.75) is 56.6 Å². The summed E-state index contributed by atoms with van der Waals surface area (Å²) in [5.41, 5.74) is 2.66. The standard InChI is InChI=1S/C23H30N2O5S/c1-17-5-11-20(12-6-17)31(28,29)25-15-13-23(27,14-16-25)30-21(26)24-19-9-7-18(8-10-19)22(2,3)4/h5-12,27H,13-16H2,1-4H3,(H,24,26). The van der Waals surface area contributed by atoms with Crippen molar-refractivity contribution in [1.29, 1.82) is 0 Å². The van der Waals surface area contributed by atoms with Gasteiger partial charge in [-0.05, 0) is 42.2 Å². The summed E-state index contributed by atoms with van der Waals surface area (Å²) in [4.78, 5) is 12.5. The number of carbonyl (C=O) groups is 1. The Balaban J connectivity index is 1.57. The van der Waals surface area contributed by atoms with Gasteiger partial charge in [-0.25, -0.2) is 13.2 Å². The number of carbonyl (C=O) groups excluding carboxylic acids is 1. The van der Waals surface area contributed by atoms with E-state index in [-0.39, 0.29) is 36.2 Å². The fourth-order valence-electron chi connectivity index (χ4n) is 3.41. The van der Waals surface area contributed by atoms with E-state index in [1.54, 1.807) is 36.4 Å². The predicted molar refractivity (Wildman–Crippen MR) is 119 cm³/mol. The van der Waals surface area contributed by atoms with Gasteiger partial charge in [0, 0.05) is 31.6 Å². The van der Waals surface area contributed by atoms with E-state index in [2.05, 4.69) is 26.1 Å². The lowest BCUT2D eigenvalue weighted by molar-refractivity contribution is -0.180. The van der Waals surface area contributed by atoms with Crippen LogP contribution in [0, 0.1) is 6.92 Å². The lowest BCUT2D eigenvalue weighted by Gasteiger charge is -2.36. The summed E-state index contributed by atoms with van der Waals surface area (Å²) in [5, 5.41) is 13.3. The predicted octanol–water partition coefficient (Wildman–Crippen LogP) is 4.01. The summed E-state index contributed by atoms with van der Waals surface area (Å²) < 4.78 is 32.1. The molecular formula is C23H30N2O5S. The van der Waals surface area contributed by atoms with E-state index >= 15 is 0 Å². The van der Waals surface area contributed by atoms with Crippen molar-refractivity contribution < 1.29 is 23.1 Å². The number of piperidine rings is 1. The maximum Gasteiger partial charge on any atom is 0.414 e. The van der Waals surface area contributed by atoms with Gasteiger partial charge >= 0.3 is 6.09 Å². The Morgan fingerprint density at radius 3 is 2.10 bits per heavy atom. The molecule has 0 aromatic heterocycles. The second-order valence-corrected chi connectivity index (χ2v) is 10.9. The van der Waals surface area contributed by atoms with Gasteiger partial charge in [-0.1, -0.05) is 50.6 Å². The zero-order valence-electron chi connectivity index (χ0n) is 18.4. The summed E-state index contributed by atoms with van der Waals surface area (Å²) in [6.45, 7) is 8.30. The normalized spacial score (nSPS) is 17.2. The van der Waals surface area contributed by atoms with Gasteiger partial charge in [-0.15, -0.1) is 0 Å². The highest BCUT2D eigenvalue weighted by Crippen LogP contribution is 2.29. The summed E-state index contributed by atoms with van der Waals surface area (Å²) in [6, 6.07) is 14.0. The minimum Gasteiger partial charge on any atom is -0.417 e. The first-order chi connectivity index (χ1) is 14.4. The lowest BCUT2D eigenvalue weighted by atomic mass is 9.87. The molecule has 2 aromatic carbocycles. The van der Waals surface area contributed by atoms with Gasteiger partial charge in [0.1, 0.15) is 0 Å². The first kappa shape index (κ1) is 23.2. The molecule has 0 bridgehead atoms. The van der Waals surface area contributed by atoms with Crippen LogP contribution in [0.2, 0.25) is 0 Å². The smallest absolute Gasteiger partial charge is 0.414 e. The second kappa shape index (κ2) is 8.61. The maximum atomic E-state index is 12.8. The molecule has 31 heavy (non-hydrogen) atoms. The molecule has 1 aliphatic heterocycles.